The van der Waals surface area contributed by atoms with Crippen LogP contribution < -0.4 is 5.56 Å². The van der Waals surface area contributed by atoms with Crippen molar-refractivity contribution in [1.82, 2.24) is 14.7 Å². The molecular weight excluding hydrogens is 274 g/mol. The van der Waals surface area contributed by atoms with Crippen molar-refractivity contribution in [2.45, 2.75) is 27.7 Å². The minimum Gasteiger partial charge on any atom is -0.481 e. The summed E-state index contributed by atoms with van der Waals surface area (Å²) in [6.45, 7) is 7.07. The highest BCUT2D eigenvalue weighted by Gasteiger charge is 2.25. The van der Waals surface area contributed by atoms with Gasteiger partial charge in [-0.05, 0) is 26.3 Å². The van der Waals surface area contributed by atoms with Crippen LogP contribution in [0.15, 0.2) is 4.79 Å². The monoisotopic (exact) mass is 295 g/mol. The van der Waals surface area contributed by atoms with Crippen LogP contribution in [0, 0.1) is 19.8 Å². The Morgan fingerprint density at radius 2 is 1.95 bits per heavy atom. The Labute approximate surface area is 123 Å². The van der Waals surface area contributed by atoms with Gasteiger partial charge in [0.15, 0.2) is 0 Å². The van der Waals surface area contributed by atoms with Crippen molar-refractivity contribution in [3.63, 3.8) is 0 Å². The average Bonchev–Trinajstić information content (AvgIpc) is 2.42. The maximum atomic E-state index is 12.6. The van der Waals surface area contributed by atoms with Gasteiger partial charge >= 0.3 is 5.97 Å². The fraction of sp³-hybridized carbons (Fsp3) is 0.571. The van der Waals surface area contributed by atoms with E-state index in [0.29, 0.717) is 17.8 Å². The quantitative estimate of drug-likeness (QED) is 0.857. The lowest BCUT2D eigenvalue weighted by Crippen LogP contribution is -2.41. The molecule has 7 nitrogen and oxygen atoms in total. The molecule has 0 aliphatic heterocycles. The van der Waals surface area contributed by atoms with E-state index in [4.69, 9.17) is 5.11 Å². The molecule has 0 fully saturated rings. The topological polar surface area (TPSA) is 92.5 Å². The Kier molecular flexibility index (Phi) is 5.23. The zero-order chi connectivity index (χ0) is 16.3. The lowest BCUT2D eigenvalue weighted by Gasteiger charge is -2.23. The fourth-order valence-electron chi connectivity index (χ4n) is 2.02. The molecule has 0 saturated heterocycles. The maximum Gasteiger partial charge on any atom is 0.308 e. The van der Waals surface area contributed by atoms with Crippen molar-refractivity contribution in [2.75, 3.05) is 13.1 Å². The van der Waals surface area contributed by atoms with E-state index in [-0.39, 0.29) is 12.1 Å². The second-order valence-electron chi connectivity index (χ2n) is 5.10. The van der Waals surface area contributed by atoms with Crippen LogP contribution in [0.5, 0.6) is 0 Å². The Bertz CT molecular complexity index is 621. The molecule has 0 saturated carbocycles. The highest BCUT2D eigenvalue weighted by molar-refractivity contribution is 5.95. The van der Waals surface area contributed by atoms with E-state index in [9.17, 15) is 14.4 Å². The van der Waals surface area contributed by atoms with Gasteiger partial charge in [-0.15, -0.1) is 0 Å². The molecule has 1 heterocycles. The average molecular weight is 295 g/mol. The Morgan fingerprint density at radius 3 is 2.43 bits per heavy atom. The number of aryl methyl sites for hydroxylation is 2. The number of hydrogen-bond donors (Lipinski definition) is 1. The summed E-state index contributed by atoms with van der Waals surface area (Å²) in [7, 11) is 1.49. The number of carbonyl (C=O) groups is 2. The normalized spacial score (nSPS) is 12.0. The second kappa shape index (κ2) is 6.51. The molecule has 21 heavy (non-hydrogen) atoms. The van der Waals surface area contributed by atoms with E-state index in [1.165, 1.54) is 18.9 Å². The molecule has 1 aromatic rings. The summed E-state index contributed by atoms with van der Waals surface area (Å²) in [5, 5.41) is 13.0. The van der Waals surface area contributed by atoms with Crippen LogP contribution in [0.4, 0.5) is 0 Å². The van der Waals surface area contributed by atoms with Crippen molar-refractivity contribution in [2.24, 2.45) is 13.0 Å². The Balaban J connectivity index is 3.23. The number of amides is 1. The fourth-order valence-corrected chi connectivity index (χ4v) is 2.02. The maximum absolute atomic E-state index is 12.6. The van der Waals surface area contributed by atoms with Gasteiger partial charge in [-0.2, -0.15) is 5.10 Å². The first-order chi connectivity index (χ1) is 9.70. The first kappa shape index (κ1) is 16.9. The molecule has 7 heteroatoms. The van der Waals surface area contributed by atoms with Crippen molar-refractivity contribution in [3.8, 4) is 0 Å². The van der Waals surface area contributed by atoms with Crippen LogP contribution in [0.1, 0.15) is 35.5 Å². The number of aliphatic carboxylic acids is 1. The van der Waals surface area contributed by atoms with E-state index >= 15 is 0 Å². The number of carbonyl (C=O) groups excluding carboxylic acids is 1. The van der Waals surface area contributed by atoms with Crippen molar-refractivity contribution in [3.05, 3.63) is 27.2 Å². The van der Waals surface area contributed by atoms with E-state index in [2.05, 4.69) is 5.10 Å². The van der Waals surface area contributed by atoms with Gasteiger partial charge in [-0.3, -0.25) is 14.4 Å². The first-order valence-electron chi connectivity index (χ1n) is 6.77. The molecule has 0 radical (unpaired) electrons. The number of rotatable bonds is 5. The number of hydrogen-bond acceptors (Lipinski definition) is 4. The minimum atomic E-state index is -0.975. The molecular formula is C14H21N3O4. The molecule has 116 valence electrons. The molecule has 1 N–H and O–H groups in total. The molecule has 0 spiro atoms. The molecule has 0 bridgehead atoms. The molecule has 1 atom stereocenters. The van der Waals surface area contributed by atoms with Crippen molar-refractivity contribution in [1.29, 1.82) is 0 Å². The minimum absolute atomic E-state index is 0.0597. The van der Waals surface area contributed by atoms with Gasteiger partial charge in [0.05, 0.1) is 11.6 Å². The predicted octanol–water partition coefficient (Wildman–Crippen LogP) is 0.580. The van der Waals surface area contributed by atoms with Gasteiger partial charge in [0.1, 0.15) is 5.56 Å². The molecule has 0 aliphatic rings. The molecule has 1 rings (SSSR count). The van der Waals surface area contributed by atoms with Gasteiger partial charge in [0, 0.05) is 20.1 Å². The number of carboxylic acids is 1. The van der Waals surface area contributed by atoms with E-state index < -0.39 is 23.4 Å². The predicted molar refractivity (Wildman–Crippen MR) is 77.3 cm³/mol. The zero-order valence-electron chi connectivity index (χ0n) is 13.0. The number of nitrogens with zero attached hydrogens (tertiary/aromatic N) is 3. The van der Waals surface area contributed by atoms with Crippen LogP contribution in [-0.2, 0) is 11.8 Å². The molecule has 1 aromatic heterocycles. The van der Waals surface area contributed by atoms with Crippen molar-refractivity contribution >= 4 is 11.9 Å². The Morgan fingerprint density at radius 1 is 1.38 bits per heavy atom. The van der Waals surface area contributed by atoms with Gasteiger partial charge in [0.25, 0.3) is 11.5 Å². The lowest BCUT2D eigenvalue weighted by atomic mass is 10.1. The lowest BCUT2D eigenvalue weighted by molar-refractivity contribution is -0.141. The van der Waals surface area contributed by atoms with Crippen LogP contribution in [0.2, 0.25) is 0 Å². The van der Waals surface area contributed by atoms with Crippen LogP contribution in [0.3, 0.4) is 0 Å². The highest BCUT2D eigenvalue weighted by atomic mass is 16.4. The van der Waals surface area contributed by atoms with E-state index in [1.54, 1.807) is 20.8 Å². The highest BCUT2D eigenvalue weighted by Crippen LogP contribution is 2.11. The third-order valence-corrected chi connectivity index (χ3v) is 3.52. The van der Waals surface area contributed by atoms with E-state index in [1.807, 2.05) is 0 Å². The van der Waals surface area contributed by atoms with Gasteiger partial charge in [-0.25, -0.2) is 4.68 Å². The van der Waals surface area contributed by atoms with Gasteiger partial charge in [-0.1, -0.05) is 6.92 Å². The smallest absolute Gasteiger partial charge is 0.308 e. The van der Waals surface area contributed by atoms with Gasteiger partial charge < -0.3 is 10.0 Å². The van der Waals surface area contributed by atoms with Crippen LogP contribution >= 0.6 is 0 Å². The summed E-state index contributed by atoms with van der Waals surface area (Å²) in [5.41, 5.74) is 0.723. The molecule has 1 amide bonds. The summed E-state index contributed by atoms with van der Waals surface area (Å²) in [5.74, 6) is -2.12. The summed E-state index contributed by atoms with van der Waals surface area (Å²) in [6.07, 6.45) is 0. The molecule has 0 aliphatic carbocycles. The molecule has 1 unspecified atom stereocenters. The largest absolute Gasteiger partial charge is 0.481 e. The SMILES string of the molecule is CCN(CC(C)C(=O)O)C(=O)c1c(C)c(C)nn(C)c1=O. The first-order valence-corrected chi connectivity index (χ1v) is 6.77. The molecule has 0 aromatic carbocycles. The van der Waals surface area contributed by atoms with Crippen LogP contribution in [-0.4, -0.2) is 44.8 Å². The van der Waals surface area contributed by atoms with Gasteiger partial charge in [0.2, 0.25) is 0 Å². The summed E-state index contributed by atoms with van der Waals surface area (Å²) >= 11 is 0. The standard InChI is InChI=1S/C14H21N3O4/c1-6-17(7-8(2)14(20)21)13(19)11-9(3)10(4)15-16(5)12(11)18/h8H,6-7H2,1-5H3,(H,20,21). The summed E-state index contributed by atoms with van der Waals surface area (Å²) in [4.78, 5) is 37.0. The Hall–Kier alpha value is -2.18. The zero-order valence-corrected chi connectivity index (χ0v) is 13.0. The summed E-state index contributed by atoms with van der Waals surface area (Å²) in [6, 6.07) is 0. The second-order valence-corrected chi connectivity index (χ2v) is 5.10. The third kappa shape index (κ3) is 3.48. The van der Waals surface area contributed by atoms with Crippen molar-refractivity contribution < 1.29 is 14.7 Å². The van der Waals surface area contributed by atoms with Crippen LogP contribution in [0.25, 0.3) is 0 Å². The van der Waals surface area contributed by atoms with E-state index in [0.717, 1.165) is 4.68 Å². The number of aromatic nitrogens is 2. The number of carboxylic acid groups (broad SMARTS) is 1. The summed E-state index contributed by atoms with van der Waals surface area (Å²) < 4.78 is 1.13. The third-order valence-electron chi connectivity index (χ3n) is 3.52.